The molecule has 0 amide bonds. The van der Waals surface area contributed by atoms with E-state index in [4.69, 9.17) is 0 Å². The van der Waals surface area contributed by atoms with E-state index >= 15 is 0 Å². The summed E-state index contributed by atoms with van der Waals surface area (Å²) >= 11 is 3.54. The van der Waals surface area contributed by atoms with Crippen LogP contribution in [0, 0.1) is 0 Å². The second-order valence-corrected chi connectivity index (χ2v) is 6.59. The molecule has 108 valence electrons. The first kappa shape index (κ1) is 15.1. The maximum Gasteiger partial charge on any atom is 0.193 e. The molecular weight excluding hydrogens is 286 g/mol. The van der Waals surface area contributed by atoms with Crippen LogP contribution in [0.4, 0.5) is 0 Å². The normalized spacial score (nSPS) is 13.2. The fourth-order valence-electron chi connectivity index (χ4n) is 2.03. The third-order valence-corrected chi connectivity index (χ3v) is 5.00. The van der Waals surface area contributed by atoms with Gasteiger partial charge in [0.05, 0.1) is 0 Å². The van der Waals surface area contributed by atoms with Gasteiger partial charge in [0.25, 0.3) is 0 Å². The Kier molecular flexibility index (Phi) is 5.61. The molecule has 1 atom stereocenters. The van der Waals surface area contributed by atoms with E-state index < -0.39 is 0 Å². The van der Waals surface area contributed by atoms with Crippen LogP contribution >= 0.6 is 22.7 Å². The summed E-state index contributed by atoms with van der Waals surface area (Å²) < 4.78 is 0. The second-order valence-electron chi connectivity index (χ2n) is 4.83. The number of hydrogen-bond acceptors (Lipinski definition) is 3. The van der Waals surface area contributed by atoms with Crippen LogP contribution in [0.2, 0.25) is 0 Å². The average molecular weight is 307 g/mol. The highest BCUT2D eigenvalue weighted by Gasteiger charge is 2.10. The van der Waals surface area contributed by atoms with Gasteiger partial charge in [0.1, 0.15) is 0 Å². The van der Waals surface area contributed by atoms with Crippen molar-refractivity contribution < 1.29 is 0 Å². The fourth-order valence-corrected chi connectivity index (χ4v) is 3.48. The molecule has 0 bridgehead atoms. The number of nitrogens with one attached hydrogen (secondary N) is 1. The predicted octanol–water partition coefficient (Wildman–Crippen LogP) is 3.62. The smallest absolute Gasteiger partial charge is 0.193 e. The van der Waals surface area contributed by atoms with Gasteiger partial charge in [-0.3, -0.25) is 4.99 Å². The highest BCUT2D eigenvalue weighted by molar-refractivity contribution is 7.10. The zero-order chi connectivity index (χ0) is 14.4. The van der Waals surface area contributed by atoms with E-state index in [1.807, 2.05) is 18.4 Å². The Morgan fingerprint density at radius 1 is 1.40 bits per heavy atom. The van der Waals surface area contributed by atoms with Gasteiger partial charge in [-0.2, -0.15) is 11.3 Å². The summed E-state index contributed by atoms with van der Waals surface area (Å²) in [4.78, 5) is 7.93. The second kappa shape index (κ2) is 7.45. The van der Waals surface area contributed by atoms with Crippen molar-refractivity contribution in [3.05, 3.63) is 44.8 Å². The molecule has 2 aromatic heterocycles. The first-order valence-corrected chi connectivity index (χ1v) is 8.49. The Bertz CT molecular complexity index is 517. The molecule has 20 heavy (non-hydrogen) atoms. The fraction of sp³-hybridized carbons (Fsp3) is 0.400. The lowest BCUT2D eigenvalue weighted by Gasteiger charge is -2.23. The highest BCUT2D eigenvalue weighted by atomic mass is 32.1. The van der Waals surface area contributed by atoms with E-state index in [1.54, 1.807) is 11.3 Å². The van der Waals surface area contributed by atoms with E-state index in [0.29, 0.717) is 5.92 Å². The van der Waals surface area contributed by atoms with Gasteiger partial charge in [-0.05, 0) is 33.8 Å². The SMILES string of the molecule is CN=C(NCC(C)c1cccs1)N(C)Cc1ccsc1. The van der Waals surface area contributed by atoms with Crippen LogP contribution in [0.3, 0.4) is 0 Å². The van der Waals surface area contributed by atoms with Crippen molar-refractivity contribution in [2.45, 2.75) is 19.4 Å². The van der Waals surface area contributed by atoms with E-state index in [2.05, 4.69) is 63.5 Å². The van der Waals surface area contributed by atoms with Gasteiger partial charge in [-0.1, -0.05) is 13.0 Å². The van der Waals surface area contributed by atoms with Crippen molar-refractivity contribution in [3.63, 3.8) is 0 Å². The number of aliphatic imine (C=N–C) groups is 1. The molecule has 2 heterocycles. The van der Waals surface area contributed by atoms with Crippen LogP contribution in [-0.4, -0.2) is 31.5 Å². The van der Waals surface area contributed by atoms with Gasteiger partial charge in [0.15, 0.2) is 5.96 Å². The molecular formula is C15H21N3S2. The molecule has 1 N–H and O–H groups in total. The Labute approximate surface area is 129 Å². The summed E-state index contributed by atoms with van der Waals surface area (Å²) in [7, 11) is 3.91. The van der Waals surface area contributed by atoms with Crippen molar-refractivity contribution >= 4 is 28.6 Å². The summed E-state index contributed by atoms with van der Waals surface area (Å²) in [5.74, 6) is 1.45. The van der Waals surface area contributed by atoms with E-state index in [-0.39, 0.29) is 0 Å². The lowest BCUT2D eigenvalue weighted by Crippen LogP contribution is -2.39. The molecule has 2 aromatic rings. The van der Waals surface area contributed by atoms with Gasteiger partial charge in [0.2, 0.25) is 0 Å². The van der Waals surface area contributed by atoms with Crippen LogP contribution in [0.1, 0.15) is 23.3 Å². The van der Waals surface area contributed by atoms with E-state index in [9.17, 15) is 0 Å². The Hall–Kier alpha value is -1.33. The van der Waals surface area contributed by atoms with Crippen LogP contribution < -0.4 is 5.32 Å². The molecule has 0 saturated heterocycles. The highest BCUT2D eigenvalue weighted by Crippen LogP contribution is 2.19. The zero-order valence-corrected chi connectivity index (χ0v) is 13.8. The number of thiophene rings is 2. The molecule has 0 fully saturated rings. The minimum atomic E-state index is 0.501. The molecule has 2 rings (SSSR count). The van der Waals surface area contributed by atoms with Crippen molar-refractivity contribution in [1.82, 2.24) is 10.2 Å². The van der Waals surface area contributed by atoms with Gasteiger partial charge in [-0.25, -0.2) is 0 Å². The molecule has 0 aliphatic rings. The average Bonchev–Trinajstić information content (AvgIpc) is 3.12. The molecule has 5 heteroatoms. The molecule has 0 aliphatic heterocycles. The monoisotopic (exact) mass is 307 g/mol. The first-order valence-electron chi connectivity index (χ1n) is 6.67. The van der Waals surface area contributed by atoms with E-state index in [0.717, 1.165) is 19.0 Å². The maximum atomic E-state index is 4.36. The Morgan fingerprint density at radius 3 is 2.85 bits per heavy atom. The minimum absolute atomic E-state index is 0.501. The Balaban J connectivity index is 1.86. The van der Waals surface area contributed by atoms with Gasteiger partial charge >= 0.3 is 0 Å². The predicted molar refractivity (Wildman–Crippen MR) is 89.9 cm³/mol. The summed E-state index contributed by atoms with van der Waals surface area (Å²) in [6.45, 7) is 4.03. The number of guanidine groups is 1. The van der Waals surface area contributed by atoms with Gasteiger partial charge < -0.3 is 10.2 Å². The molecule has 0 aliphatic carbocycles. The molecule has 0 saturated carbocycles. The lowest BCUT2D eigenvalue weighted by molar-refractivity contribution is 0.474. The third kappa shape index (κ3) is 4.08. The quantitative estimate of drug-likeness (QED) is 0.675. The van der Waals surface area contributed by atoms with Gasteiger partial charge in [-0.15, -0.1) is 11.3 Å². The number of hydrogen-bond donors (Lipinski definition) is 1. The largest absolute Gasteiger partial charge is 0.356 e. The van der Waals surface area contributed by atoms with Crippen LogP contribution in [-0.2, 0) is 6.54 Å². The molecule has 1 unspecified atom stereocenters. The number of rotatable bonds is 5. The summed E-state index contributed by atoms with van der Waals surface area (Å²) in [6.07, 6.45) is 0. The standard InChI is InChI=1S/C15H21N3S2/c1-12(14-5-4-7-20-14)9-17-15(16-2)18(3)10-13-6-8-19-11-13/h4-8,11-12H,9-10H2,1-3H3,(H,16,17). The molecule has 0 radical (unpaired) electrons. The van der Waals surface area contributed by atoms with Crippen LogP contribution in [0.15, 0.2) is 39.3 Å². The first-order chi connectivity index (χ1) is 9.70. The van der Waals surface area contributed by atoms with Crippen molar-refractivity contribution in [2.24, 2.45) is 4.99 Å². The minimum Gasteiger partial charge on any atom is -0.356 e. The molecule has 3 nitrogen and oxygen atoms in total. The van der Waals surface area contributed by atoms with Crippen LogP contribution in [0.25, 0.3) is 0 Å². The summed E-state index contributed by atoms with van der Waals surface area (Å²) in [5.41, 5.74) is 1.33. The van der Waals surface area contributed by atoms with E-state index in [1.165, 1.54) is 10.4 Å². The maximum absolute atomic E-state index is 4.36. The van der Waals surface area contributed by atoms with Crippen molar-refractivity contribution in [1.29, 1.82) is 0 Å². The van der Waals surface area contributed by atoms with Crippen molar-refractivity contribution in [2.75, 3.05) is 20.6 Å². The summed E-state index contributed by atoms with van der Waals surface area (Å²) in [5, 5.41) is 9.87. The van der Waals surface area contributed by atoms with Crippen molar-refractivity contribution in [3.8, 4) is 0 Å². The molecule has 0 spiro atoms. The van der Waals surface area contributed by atoms with Crippen LogP contribution in [0.5, 0.6) is 0 Å². The third-order valence-electron chi connectivity index (χ3n) is 3.17. The topological polar surface area (TPSA) is 27.6 Å². The molecule has 0 aromatic carbocycles. The lowest BCUT2D eigenvalue weighted by atomic mass is 10.1. The zero-order valence-electron chi connectivity index (χ0n) is 12.2. The Morgan fingerprint density at radius 2 is 2.25 bits per heavy atom. The summed E-state index contributed by atoms with van der Waals surface area (Å²) in [6, 6.07) is 6.45. The van der Waals surface area contributed by atoms with Gasteiger partial charge in [0, 0.05) is 38.0 Å². The number of nitrogens with zero attached hydrogens (tertiary/aromatic N) is 2.